The Balaban J connectivity index is 1.25. The number of carbonyl (C=O) groups excluding carboxylic acids is 2. The number of amides is 2. The maximum absolute atomic E-state index is 12.6. The summed E-state index contributed by atoms with van der Waals surface area (Å²) in [5.41, 5.74) is 1.86. The van der Waals surface area contributed by atoms with Gasteiger partial charge in [-0.05, 0) is 49.8 Å². The molecule has 32 heavy (non-hydrogen) atoms. The molecule has 1 atom stereocenters. The number of piperazine rings is 1. The van der Waals surface area contributed by atoms with Crippen molar-refractivity contribution < 1.29 is 14.3 Å². The van der Waals surface area contributed by atoms with Gasteiger partial charge in [-0.1, -0.05) is 12.1 Å². The van der Waals surface area contributed by atoms with Gasteiger partial charge in [0.05, 0.1) is 0 Å². The Morgan fingerprint density at radius 3 is 2.25 bits per heavy atom. The van der Waals surface area contributed by atoms with Gasteiger partial charge in [0.2, 0.25) is 0 Å². The Hall–Kier alpha value is -2.61. The first-order valence-electron chi connectivity index (χ1n) is 11.9. The molecule has 0 saturated carbocycles. The van der Waals surface area contributed by atoms with Crippen molar-refractivity contribution in [1.82, 2.24) is 20.0 Å². The molecule has 1 N–H and O–H groups in total. The number of likely N-dealkylation sites (tertiary alicyclic amines) is 1. The standard InChI is InChI=1S/C24H35N5O3/c1-25-24(29-15-13-28(14-16-29)23(31)21-6-5-17-32-21)26-18-19-7-9-20(10-8-19)22(30)27-11-3-2-4-12-27/h7-10,21H,2-6,11-18H2,1H3,(H,25,26). The zero-order valence-electron chi connectivity index (χ0n) is 19.1. The monoisotopic (exact) mass is 441 g/mol. The normalized spacial score (nSPS) is 22.2. The van der Waals surface area contributed by atoms with Crippen LogP contribution in [-0.2, 0) is 16.1 Å². The molecule has 0 spiro atoms. The van der Waals surface area contributed by atoms with E-state index in [1.165, 1.54) is 6.42 Å². The molecule has 0 radical (unpaired) electrons. The quantitative estimate of drug-likeness (QED) is 0.569. The number of nitrogens with one attached hydrogen (secondary N) is 1. The molecule has 8 heteroatoms. The number of piperidine rings is 1. The van der Waals surface area contributed by atoms with Crippen molar-refractivity contribution in [2.24, 2.45) is 4.99 Å². The molecule has 0 aromatic heterocycles. The number of ether oxygens (including phenoxy) is 1. The van der Waals surface area contributed by atoms with Crippen LogP contribution < -0.4 is 5.32 Å². The highest BCUT2D eigenvalue weighted by atomic mass is 16.5. The topological polar surface area (TPSA) is 77.5 Å². The van der Waals surface area contributed by atoms with Crippen LogP contribution in [0.3, 0.4) is 0 Å². The van der Waals surface area contributed by atoms with E-state index < -0.39 is 0 Å². The van der Waals surface area contributed by atoms with Gasteiger partial charge in [0.25, 0.3) is 11.8 Å². The summed E-state index contributed by atoms with van der Waals surface area (Å²) in [5, 5.41) is 3.42. The van der Waals surface area contributed by atoms with E-state index in [0.29, 0.717) is 26.2 Å². The summed E-state index contributed by atoms with van der Waals surface area (Å²) < 4.78 is 5.54. The van der Waals surface area contributed by atoms with E-state index in [9.17, 15) is 9.59 Å². The number of aliphatic imine (C=N–C) groups is 1. The van der Waals surface area contributed by atoms with E-state index in [1.54, 1.807) is 7.05 Å². The lowest BCUT2D eigenvalue weighted by atomic mass is 10.1. The van der Waals surface area contributed by atoms with Crippen LogP contribution in [0.1, 0.15) is 48.0 Å². The van der Waals surface area contributed by atoms with Crippen LogP contribution in [0.15, 0.2) is 29.3 Å². The molecule has 2 amide bonds. The number of nitrogens with zero attached hydrogens (tertiary/aromatic N) is 4. The average molecular weight is 442 g/mol. The second kappa shape index (κ2) is 10.8. The van der Waals surface area contributed by atoms with Crippen LogP contribution in [0.2, 0.25) is 0 Å². The number of guanidine groups is 1. The van der Waals surface area contributed by atoms with Gasteiger partial charge in [-0.25, -0.2) is 0 Å². The third-order valence-electron chi connectivity index (χ3n) is 6.60. The molecule has 1 aromatic carbocycles. The minimum absolute atomic E-state index is 0.129. The molecule has 3 heterocycles. The fourth-order valence-corrected chi connectivity index (χ4v) is 4.67. The minimum Gasteiger partial charge on any atom is -0.368 e. The Bertz CT molecular complexity index is 805. The minimum atomic E-state index is -0.247. The third kappa shape index (κ3) is 5.41. The van der Waals surface area contributed by atoms with Gasteiger partial charge in [0.1, 0.15) is 6.10 Å². The Labute approximate surface area is 190 Å². The molecule has 174 valence electrons. The van der Waals surface area contributed by atoms with Crippen molar-refractivity contribution in [3.05, 3.63) is 35.4 Å². The van der Waals surface area contributed by atoms with E-state index in [4.69, 9.17) is 4.74 Å². The summed E-state index contributed by atoms with van der Waals surface area (Å²) in [7, 11) is 1.78. The van der Waals surface area contributed by atoms with Gasteiger partial charge in [-0.15, -0.1) is 0 Å². The number of rotatable bonds is 4. The van der Waals surface area contributed by atoms with Crippen molar-refractivity contribution in [1.29, 1.82) is 0 Å². The van der Waals surface area contributed by atoms with Gasteiger partial charge < -0.3 is 24.8 Å². The largest absolute Gasteiger partial charge is 0.368 e. The van der Waals surface area contributed by atoms with Crippen molar-refractivity contribution in [2.45, 2.75) is 44.8 Å². The van der Waals surface area contributed by atoms with Crippen molar-refractivity contribution in [2.75, 3.05) is 52.9 Å². The molecule has 1 aromatic rings. The van der Waals surface area contributed by atoms with Crippen LogP contribution in [-0.4, -0.2) is 91.5 Å². The molecule has 8 nitrogen and oxygen atoms in total. The zero-order valence-corrected chi connectivity index (χ0v) is 19.1. The maximum atomic E-state index is 12.6. The Morgan fingerprint density at radius 2 is 1.62 bits per heavy atom. The predicted octanol–water partition coefficient (Wildman–Crippen LogP) is 1.71. The van der Waals surface area contributed by atoms with E-state index in [1.807, 2.05) is 34.1 Å². The molecule has 3 fully saturated rings. The molecule has 1 unspecified atom stereocenters. The van der Waals surface area contributed by atoms with Gasteiger partial charge >= 0.3 is 0 Å². The summed E-state index contributed by atoms with van der Waals surface area (Å²) in [5.74, 6) is 1.10. The number of hydrogen-bond donors (Lipinski definition) is 1. The summed E-state index contributed by atoms with van der Waals surface area (Å²) >= 11 is 0. The van der Waals surface area contributed by atoms with Gasteiger partial charge in [-0.2, -0.15) is 0 Å². The van der Waals surface area contributed by atoms with E-state index in [0.717, 1.165) is 68.9 Å². The van der Waals surface area contributed by atoms with Crippen LogP contribution in [0.4, 0.5) is 0 Å². The third-order valence-corrected chi connectivity index (χ3v) is 6.60. The average Bonchev–Trinajstić information content (AvgIpc) is 3.40. The molecule has 3 aliphatic rings. The number of carbonyl (C=O) groups is 2. The molecular weight excluding hydrogens is 406 g/mol. The number of hydrogen-bond acceptors (Lipinski definition) is 4. The molecule has 3 saturated heterocycles. The second-order valence-electron chi connectivity index (χ2n) is 8.76. The lowest BCUT2D eigenvalue weighted by Gasteiger charge is -2.37. The van der Waals surface area contributed by atoms with Crippen molar-refractivity contribution >= 4 is 17.8 Å². The van der Waals surface area contributed by atoms with Crippen LogP contribution in [0.5, 0.6) is 0 Å². The molecule has 0 aliphatic carbocycles. The van der Waals surface area contributed by atoms with Crippen molar-refractivity contribution in [3.63, 3.8) is 0 Å². The summed E-state index contributed by atoms with van der Waals surface area (Å²) in [6.07, 6.45) is 4.98. The molecular formula is C24H35N5O3. The summed E-state index contributed by atoms with van der Waals surface area (Å²) in [6.45, 7) is 5.94. The summed E-state index contributed by atoms with van der Waals surface area (Å²) in [4.78, 5) is 35.7. The first kappa shape index (κ1) is 22.6. The number of benzene rings is 1. The van der Waals surface area contributed by atoms with Crippen LogP contribution in [0.25, 0.3) is 0 Å². The zero-order chi connectivity index (χ0) is 22.3. The van der Waals surface area contributed by atoms with E-state index >= 15 is 0 Å². The lowest BCUT2D eigenvalue weighted by Crippen LogP contribution is -2.55. The van der Waals surface area contributed by atoms with E-state index in [-0.39, 0.29) is 17.9 Å². The first-order valence-corrected chi connectivity index (χ1v) is 11.9. The van der Waals surface area contributed by atoms with Crippen LogP contribution >= 0.6 is 0 Å². The first-order chi connectivity index (χ1) is 15.7. The molecule has 3 aliphatic heterocycles. The highest BCUT2D eigenvalue weighted by Crippen LogP contribution is 2.16. The highest BCUT2D eigenvalue weighted by Gasteiger charge is 2.30. The fourth-order valence-electron chi connectivity index (χ4n) is 4.67. The summed E-state index contributed by atoms with van der Waals surface area (Å²) in [6, 6.07) is 7.86. The molecule has 0 bridgehead atoms. The molecule has 4 rings (SSSR count). The smallest absolute Gasteiger partial charge is 0.253 e. The van der Waals surface area contributed by atoms with Gasteiger partial charge in [0, 0.05) is 65.0 Å². The maximum Gasteiger partial charge on any atom is 0.253 e. The fraction of sp³-hybridized carbons (Fsp3) is 0.625. The Kier molecular flexibility index (Phi) is 7.63. The SMILES string of the molecule is CN=C(NCc1ccc(C(=O)N2CCCCC2)cc1)N1CCN(C(=O)C2CCCO2)CC1. The highest BCUT2D eigenvalue weighted by molar-refractivity contribution is 5.94. The predicted molar refractivity (Wildman–Crippen MR) is 124 cm³/mol. The van der Waals surface area contributed by atoms with Gasteiger partial charge in [0.15, 0.2) is 5.96 Å². The Morgan fingerprint density at radius 1 is 0.938 bits per heavy atom. The van der Waals surface area contributed by atoms with Gasteiger partial charge in [-0.3, -0.25) is 14.6 Å². The van der Waals surface area contributed by atoms with Crippen molar-refractivity contribution in [3.8, 4) is 0 Å². The second-order valence-corrected chi connectivity index (χ2v) is 8.76. The van der Waals surface area contributed by atoms with Crippen LogP contribution in [0, 0.1) is 0 Å². The van der Waals surface area contributed by atoms with E-state index in [2.05, 4.69) is 15.2 Å². The lowest BCUT2D eigenvalue weighted by molar-refractivity contribution is -0.142.